The normalized spacial score (nSPS) is 22.1. The zero-order valence-electron chi connectivity index (χ0n) is 9.27. The molecule has 0 spiro atoms. The van der Waals surface area contributed by atoms with Crippen LogP contribution < -0.4 is 9.64 Å². The molecule has 2 fully saturated rings. The number of rotatable bonds is 4. The first kappa shape index (κ1) is 10.7. The van der Waals surface area contributed by atoms with E-state index in [4.69, 9.17) is 4.74 Å². The van der Waals surface area contributed by atoms with Crippen molar-refractivity contribution in [2.24, 2.45) is 5.92 Å². The van der Waals surface area contributed by atoms with Crippen LogP contribution in [0.15, 0.2) is 12.4 Å². The Morgan fingerprint density at radius 3 is 2.65 bits per heavy atom. The second-order valence-corrected chi connectivity index (χ2v) is 4.65. The highest BCUT2D eigenvalue weighted by Crippen LogP contribution is 2.35. The van der Waals surface area contributed by atoms with Crippen molar-refractivity contribution in [2.45, 2.75) is 18.8 Å². The van der Waals surface area contributed by atoms with Gasteiger partial charge in [0.1, 0.15) is 0 Å². The Bertz CT molecular complexity index is 415. The Labute approximate surface area is 97.6 Å². The molecule has 1 aliphatic heterocycles. The summed E-state index contributed by atoms with van der Waals surface area (Å²) in [6, 6.07) is 0. The third-order valence-corrected chi connectivity index (χ3v) is 2.94. The van der Waals surface area contributed by atoms with Gasteiger partial charge in [-0.15, -0.1) is 0 Å². The predicted molar refractivity (Wildman–Crippen MR) is 57.4 cm³/mol. The highest BCUT2D eigenvalue weighted by Gasteiger charge is 2.45. The van der Waals surface area contributed by atoms with Crippen LogP contribution in [0.2, 0.25) is 0 Å². The molecule has 0 N–H and O–H groups in total. The lowest BCUT2D eigenvalue weighted by Crippen LogP contribution is -2.56. The molecule has 2 aliphatic rings. The second kappa shape index (κ2) is 3.78. The lowest BCUT2D eigenvalue weighted by molar-refractivity contribution is -0.0270. The largest absolute Gasteiger partial charge is 0.475 e. The Morgan fingerprint density at radius 1 is 1.29 bits per heavy atom. The summed E-state index contributed by atoms with van der Waals surface area (Å²) < 4.78 is 31.1. The monoisotopic (exact) mass is 241 g/mol. The highest BCUT2D eigenvalue weighted by molar-refractivity contribution is 5.51. The summed E-state index contributed by atoms with van der Waals surface area (Å²) in [6.07, 6.45) is 5.37. The van der Waals surface area contributed by atoms with E-state index in [1.54, 1.807) is 0 Å². The van der Waals surface area contributed by atoms with Gasteiger partial charge in [-0.1, -0.05) is 0 Å². The minimum Gasteiger partial charge on any atom is -0.475 e. The zero-order chi connectivity index (χ0) is 11.9. The fourth-order valence-electron chi connectivity index (χ4n) is 1.78. The van der Waals surface area contributed by atoms with Gasteiger partial charge in [0.2, 0.25) is 0 Å². The lowest BCUT2D eigenvalue weighted by atomic mass is 10.1. The molecule has 3 rings (SSSR count). The van der Waals surface area contributed by atoms with Crippen LogP contribution in [-0.4, -0.2) is 35.6 Å². The molecular formula is C11H13F2N3O. The minimum absolute atomic E-state index is 0.300. The molecule has 92 valence electrons. The second-order valence-electron chi connectivity index (χ2n) is 4.65. The van der Waals surface area contributed by atoms with Crippen molar-refractivity contribution in [3.63, 3.8) is 0 Å². The first-order valence-corrected chi connectivity index (χ1v) is 5.71. The molecule has 0 atom stereocenters. The Morgan fingerprint density at radius 2 is 2.00 bits per heavy atom. The number of hydrogen-bond donors (Lipinski definition) is 0. The van der Waals surface area contributed by atoms with Crippen LogP contribution in [0.25, 0.3) is 0 Å². The molecule has 17 heavy (non-hydrogen) atoms. The number of hydrogen-bond acceptors (Lipinski definition) is 4. The summed E-state index contributed by atoms with van der Waals surface area (Å²) in [4.78, 5) is 9.62. The molecule has 0 bridgehead atoms. The average molecular weight is 241 g/mol. The maximum absolute atomic E-state index is 12.8. The zero-order valence-corrected chi connectivity index (χ0v) is 9.27. The minimum atomic E-state index is -2.61. The van der Waals surface area contributed by atoms with Crippen LogP contribution in [0.5, 0.6) is 5.88 Å². The molecule has 2 heterocycles. The molecule has 1 saturated carbocycles. The van der Waals surface area contributed by atoms with Gasteiger partial charge in [0.25, 0.3) is 11.8 Å². The van der Waals surface area contributed by atoms with Gasteiger partial charge in [-0.2, -0.15) is 0 Å². The molecule has 6 heteroatoms. The van der Waals surface area contributed by atoms with E-state index in [-0.39, 0.29) is 13.1 Å². The number of halogens is 2. The molecular weight excluding hydrogens is 228 g/mol. The standard InChI is InChI=1S/C11H13F2N3O/c12-11(13)6-16(7-11)9-10(15-4-3-14-9)17-5-8-1-2-8/h3-4,8H,1-2,5-7H2. The quantitative estimate of drug-likeness (QED) is 0.804. The van der Waals surface area contributed by atoms with Crippen LogP contribution >= 0.6 is 0 Å². The highest BCUT2D eigenvalue weighted by atomic mass is 19.3. The summed E-state index contributed by atoms with van der Waals surface area (Å²) in [5, 5.41) is 0. The fourth-order valence-corrected chi connectivity index (χ4v) is 1.78. The van der Waals surface area contributed by atoms with Gasteiger partial charge >= 0.3 is 0 Å². The van der Waals surface area contributed by atoms with E-state index in [0.717, 1.165) is 0 Å². The van der Waals surface area contributed by atoms with Gasteiger partial charge in [-0.05, 0) is 18.8 Å². The molecule has 1 aromatic rings. The topological polar surface area (TPSA) is 38.2 Å². The summed E-state index contributed by atoms with van der Waals surface area (Å²) in [5.41, 5.74) is 0. The summed E-state index contributed by atoms with van der Waals surface area (Å²) in [6.45, 7) is 0.00684. The maximum atomic E-state index is 12.8. The van der Waals surface area contributed by atoms with E-state index in [2.05, 4.69) is 9.97 Å². The van der Waals surface area contributed by atoms with E-state index in [1.165, 1.54) is 30.1 Å². The third kappa shape index (κ3) is 2.30. The Balaban J connectivity index is 1.69. The summed E-state index contributed by atoms with van der Waals surface area (Å²) >= 11 is 0. The van der Waals surface area contributed by atoms with E-state index in [9.17, 15) is 8.78 Å². The summed E-state index contributed by atoms with van der Waals surface area (Å²) in [7, 11) is 0. The molecule has 1 aromatic heterocycles. The van der Waals surface area contributed by atoms with E-state index in [0.29, 0.717) is 24.2 Å². The molecule has 0 aromatic carbocycles. The van der Waals surface area contributed by atoms with Gasteiger partial charge < -0.3 is 9.64 Å². The number of aromatic nitrogens is 2. The van der Waals surface area contributed by atoms with Crippen molar-refractivity contribution < 1.29 is 13.5 Å². The van der Waals surface area contributed by atoms with Gasteiger partial charge in [0, 0.05) is 12.4 Å². The van der Waals surface area contributed by atoms with Crippen molar-refractivity contribution in [1.29, 1.82) is 0 Å². The molecule has 0 radical (unpaired) electrons. The van der Waals surface area contributed by atoms with Crippen molar-refractivity contribution in [1.82, 2.24) is 9.97 Å². The smallest absolute Gasteiger partial charge is 0.282 e. The number of nitrogens with zero attached hydrogens (tertiary/aromatic N) is 3. The molecule has 1 saturated heterocycles. The van der Waals surface area contributed by atoms with Gasteiger partial charge in [0.15, 0.2) is 5.82 Å². The van der Waals surface area contributed by atoms with E-state index < -0.39 is 5.92 Å². The number of alkyl halides is 2. The number of anilines is 1. The lowest BCUT2D eigenvalue weighted by Gasteiger charge is -2.39. The summed E-state index contributed by atoms with van der Waals surface area (Å²) in [5.74, 6) is -1.21. The van der Waals surface area contributed by atoms with E-state index in [1.807, 2.05) is 0 Å². The number of ether oxygens (including phenoxy) is 1. The molecule has 0 amide bonds. The van der Waals surface area contributed by atoms with Gasteiger partial charge in [-0.3, -0.25) is 0 Å². The SMILES string of the molecule is FC1(F)CN(c2nccnc2OCC2CC2)C1. The Hall–Kier alpha value is -1.46. The third-order valence-electron chi connectivity index (χ3n) is 2.94. The maximum Gasteiger partial charge on any atom is 0.282 e. The van der Waals surface area contributed by atoms with Crippen LogP contribution in [0.3, 0.4) is 0 Å². The van der Waals surface area contributed by atoms with Crippen LogP contribution in [0.4, 0.5) is 14.6 Å². The predicted octanol–water partition coefficient (Wildman–Crippen LogP) is 1.72. The van der Waals surface area contributed by atoms with Crippen LogP contribution in [-0.2, 0) is 0 Å². The van der Waals surface area contributed by atoms with Crippen LogP contribution in [0, 0.1) is 5.92 Å². The first-order chi connectivity index (χ1) is 8.14. The van der Waals surface area contributed by atoms with E-state index >= 15 is 0 Å². The van der Waals surface area contributed by atoms with Crippen molar-refractivity contribution in [2.75, 3.05) is 24.6 Å². The van der Waals surface area contributed by atoms with Crippen molar-refractivity contribution in [3.8, 4) is 5.88 Å². The van der Waals surface area contributed by atoms with Gasteiger partial charge in [0.05, 0.1) is 19.7 Å². The van der Waals surface area contributed by atoms with Crippen molar-refractivity contribution >= 4 is 5.82 Å². The van der Waals surface area contributed by atoms with Crippen LogP contribution in [0.1, 0.15) is 12.8 Å². The first-order valence-electron chi connectivity index (χ1n) is 5.71. The Kier molecular flexibility index (Phi) is 2.38. The van der Waals surface area contributed by atoms with Gasteiger partial charge in [-0.25, -0.2) is 18.7 Å². The fraction of sp³-hybridized carbons (Fsp3) is 0.636. The van der Waals surface area contributed by atoms with Crippen molar-refractivity contribution in [3.05, 3.63) is 12.4 Å². The molecule has 1 aliphatic carbocycles. The molecule has 4 nitrogen and oxygen atoms in total. The average Bonchev–Trinajstić information content (AvgIpc) is 3.07. The molecule has 0 unspecified atom stereocenters.